The van der Waals surface area contributed by atoms with Crippen molar-refractivity contribution in [2.75, 3.05) is 5.88 Å². The number of halogens is 4. The maximum absolute atomic E-state index is 12.0. The van der Waals surface area contributed by atoms with Gasteiger partial charge in [0.25, 0.3) is 0 Å². The molecular formula is C10H8ClF3O2. The molecule has 0 saturated carbocycles. The van der Waals surface area contributed by atoms with Gasteiger partial charge in [-0.05, 0) is 12.1 Å². The molecule has 0 aromatic heterocycles. The van der Waals surface area contributed by atoms with E-state index < -0.39 is 17.9 Å². The van der Waals surface area contributed by atoms with Crippen molar-refractivity contribution in [1.29, 1.82) is 0 Å². The van der Waals surface area contributed by atoms with Crippen molar-refractivity contribution in [3.63, 3.8) is 0 Å². The Morgan fingerprint density at radius 1 is 1.31 bits per heavy atom. The molecule has 0 aliphatic heterocycles. The van der Waals surface area contributed by atoms with Crippen molar-refractivity contribution < 1.29 is 22.7 Å². The third kappa shape index (κ3) is 3.73. The van der Waals surface area contributed by atoms with Crippen LogP contribution in [0.4, 0.5) is 13.2 Å². The molecule has 6 heteroatoms. The van der Waals surface area contributed by atoms with Gasteiger partial charge < -0.3 is 4.74 Å². The number of hydrogen-bond acceptors (Lipinski definition) is 2. The number of hydrogen-bond donors (Lipinski definition) is 0. The Hall–Kier alpha value is -1.23. The molecule has 0 saturated heterocycles. The first-order chi connectivity index (χ1) is 7.44. The molecule has 0 spiro atoms. The zero-order chi connectivity index (χ0) is 12.2. The predicted octanol–water partition coefficient (Wildman–Crippen LogP) is 3.40. The van der Waals surface area contributed by atoms with E-state index in [1.807, 2.05) is 0 Å². The lowest BCUT2D eigenvalue weighted by Crippen LogP contribution is -2.19. The van der Waals surface area contributed by atoms with Gasteiger partial charge in [0.1, 0.15) is 5.75 Å². The first-order valence-electron chi connectivity index (χ1n) is 4.38. The van der Waals surface area contributed by atoms with Gasteiger partial charge in [0.2, 0.25) is 0 Å². The molecule has 0 unspecified atom stereocenters. The van der Waals surface area contributed by atoms with E-state index in [4.69, 9.17) is 11.6 Å². The first-order valence-corrected chi connectivity index (χ1v) is 4.91. The molecule has 0 radical (unpaired) electrons. The number of rotatable bonds is 4. The maximum atomic E-state index is 12.0. The summed E-state index contributed by atoms with van der Waals surface area (Å²) in [6.45, 7) is 0. The van der Waals surface area contributed by atoms with Crippen LogP contribution in [-0.2, 0) is 0 Å². The minimum atomic E-state index is -4.81. The van der Waals surface area contributed by atoms with E-state index in [1.165, 1.54) is 18.2 Å². The normalized spacial score (nSPS) is 11.2. The lowest BCUT2D eigenvalue weighted by atomic mass is 10.1. The highest BCUT2D eigenvalue weighted by molar-refractivity contribution is 6.19. The fourth-order valence-corrected chi connectivity index (χ4v) is 1.30. The minimum Gasteiger partial charge on any atom is -0.405 e. The Balaban J connectivity index is 2.96. The second kappa shape index (κ2) is 5.21. The predicted molar refractivity (Wildman–Crippen MR) is 52.8 cm³/mol. The summed E-state index contributed by atoms with van der Waals surface area (Å²) in [5.41, 5.74) is -0.111. The van der Waals surface area contributed by atoms with Crippen LogP contribution in [0.1, 0.15) is 16.8 Å². The number of Topliss-reactive ketones (excluding diaryl/α,β-unsaturated/α-hetero) is 1. The highest BCUT2D eigenvalue weighted by atomic mass is 35.5. The lowest BCUT2D eigenvalue weighted by Gasteiger charge is -2.11. The number of para-hydroxylation sites is 1. The fourth-order valence-electron chi connectivity index (χ4n) is 1.13. The van der Waals surface area contributed by atoms with Gasteiger partial charge in [-0.3, -0.25) is 4.79 Å². The van der Waals surface area contributed by atoms with Gasteiger partial charge in [0.15, 0.2) is 5.78 Å². The Morgan fingerprint density at radius 3 is 2.50 bits per heavy atom. The average molecular weight is 253 g/mol. The van der Waals surface area contributed by atoms with Crippen molar-refractivity contribution in [3.8, 4) is 5.75 Å². The maximum Gasteiger partial charge on any atom is 0.573 e. The molecule has 16 heavy (non-hydrogen) atoms. The van der Waals surface area contributed by atoms with Crippen molar-refractivity contribution in [2.45, 2.75) is 12.8 Å². The van der Waals surface area contributed by atoms with Gasteiger partial charge in [0, 0.05) is 12.3 Å². The number of carbonyl (C=O) groups excluding carboxylic acids is 1. The van der Waals surface area contributed by atoms with E-state index in [0.29, 0.717) is 0 Å². The molecule has 0 N–H and O–H groups in total. The molecule has 88 valence electrons. The monoisotopic (exact) mass is 252 g/mol. The van der Waals surface area contributed by atoms with Crippen LogP contribution in [0.5, 0.6) is 5.75 Å². The zero-order valence-electron chi connectivity index (χ0n) is 8.05. The summed E-state index contributed by atoms with van der Waals surface area (Å²) in [6.07, 6.45) is -4.84. The Morgan fingerprint density at radius 2 is 1.94 bits per heavy atom. The number of alkyl halides is 4. The van der Waals surface area contributed by atoms with Crippen LogP contribution in [-0.4, -0.2) is 18.0 Å². The second-order valence-corrected chi connectivity index (χ2v) is 3.28. The van der Waals surface area contributed by atoms with Crippen molar-refractivity contribution in [1.82, 2.24) is 0 Å². The van der Waals surface area contributed by atoms with Gasteiger partial charge >= 0.3 is 6.36 Å². The molecule has 0 heterocycles. The standard InChI is InChI=1S/C10H8ClF3O2/c11-6-5-8(15)7-3-1-2-4-9(7)16-10(12,13)14/h1-4H,5-6H2. The third-order valence-electron chi connectivity index (χ3n) is 1.73. The van der Waals surface area contributed by atoms with Gasteiger partial charge in [0.05, 0.1) is 5.56 Å². The number of benzene rings is 1. The second-order valence-electron chi connectivity index (χ2n) is 2.91. The quantitative estimate of drug-likeness (QED) is 0.606. The van der Waals surface area contributed by atoms with E-state index in [9.17, 15) is 18.0 Å². The van der Waals surface area contributed by atoms with Crippen LogP contribution >= 0.6 is 11.6 Å². The summed E-state index contributed by atoms with van der Waals surface area (Å²) in [6, 6.07) is 5.19. The third-order valence-corrected chi connectivity index (χ3v) is 1.92. The van der Waals surface area contributed by atoms with E-state index in [0.717, 1.165) is 6.07 Å². The Bertz CT molecular complexity index is 377. The van der Waals surface area contributed by atoms with Gasteiger partial charge in [-0.15, -0.1) is 24.8 Å². The van der Waals surface area contributed by atoms with E-state index in [2.05, 4.69) is 4.74 Å². The average Bonchev–Trinajstić information content (AvgIpc) is 2.16. The number of ether oxygens (including phenoxy) is 1. The number of carbonyl (C=O) groups is 1. The fraction of sp³-hybridized carbons (Fsp3) is 0.300. The van der Waals surface area contributed by atoms with Crippen LogP contribution in [0.15, 0.2) is 24.3 Å². The summed E-state index contributed by atoms with van der Waals surface area (Å²) >= 11 is 5.35. The van der Waals surface area contributed by atoms with Crippen molar-refractivity contribution in [3.05, 3.63) is 29.8 Å². The summed E-state index contributed by atoms with van der Waals surface area (Å²) < 4.78 is 39.8. The van der Waals surface area contributed by atoms with Crippen molar-refractivity contribution in [2.24, 2.45) is 0 Å². The topological polar surface area (TPSA) is 26.3 Å². The molecule has 0 aliphatic rings. The summed E-state index contributed by atoms with van der Waals surface area (Å²) in [4.78, 5) is 11.4. The van der Waals surface area contributed by atoms with E-state index >= 15 is 0 Å². The summed E-state index contributed by atoms with van der Waals surface area (Å²) in [5, 5.41) is 0. The first kappa shape index (κ1) is 12.8. The van der Waals surface area contributed by atoms with Crippen LogP contribution in [0.3, 0.4) is 0 Å². The molecule has 1 rings (SSSR count). The molecule has 0 bridgehead atoms. The van der Waals surface area contributed by atoms with Gasteiger partial charge in [-0.25, -0.2) is 0 Å². The molecular weight excluding hydrogens is 245 g/mol. The molecule has 2 nitrogen and oxygen atoms in total. The van der Waals surface area contributed by atoms with Crippen LogP contribution in [0.2, 0.25) is 0 Å². The van der Waals surface area contributed by atoms with E-state index in [1.54, 1.807) is 0 Å². The molecule has 0 atom stereocenters. The molecule has 1 aromatic carbocycles. The van der Waals surface area contributed by atoms with Gasteiger partial charge in [-0.1, -0.05) is 12.1 Å². The lowest BCUT2D eigenvalue weighted by molar-refractivity contribution is -0.274. The largest absolute Gasteiger partial charge is 0.573 e. The van der Waals surface area contributed by atoms with E-state index in [-0.39, 0.29) is 17.9 Å². The van der Waals surface area contributed by atoms with Gasteiger partial charge in [-0.2, -0.15) is 0 Å². The minimum absolute atomic E-state index is 0.0280. The number of ketones is 1. The molecule has 0 aliphatic carbocycles. The van der Waals surface area contributed by atoms with Crippen LogP contribution < -0.4 is 4.74 Å². The van der Waals surface area contributed by atoms with Crippen LogP contribution in [0.25, 0.3) is 0 Å². The molecule has 0 fully saturated rings. The summed E-state index contributed by atoms with van der Waals surface area (Å²) in [5.74, 6) is -0.918. The SMILES string of the molecule is O=C(CCCl)c1ccccc1OC(F)(F)F. The zero-order valence-corrected chi connectivity index (χ0v) is 8.81. The highest BCUT2D eigenvalue weighted by Gasteiger charge is 2.32. The molecule has 1 aromatic rings. The highest BCUT2D eigenvalue weighted by Crippen LogP contribution is 2.26. The molecule has 0 amide bonds. The van der Waals surface area contributed by atoms with Crippen LogP contribution in [0, 0.1) is 0 Å². The smallest absolute Gasteiger partial charge is 0.405 e. The Kier molecular flexibility index (Phi) is 4.18. The summed E-state index contributed by atoms with van der Waals surface area (Å²) in [7, 11) is 0. The Labute approximate surface area is 95.0 Å². The van der Waals surface area contributed by atoms with Crippen molar-refractivity contribution >= 4 is 17.4 Å².